The van der Waals surface area contributed by atoms with E-state index < -0.39 is 28.7 Å². The van der Waals surface area contributed by atoms with E-state index in [1.54, 1.807) is 32.0 Å². The van der Waals surface area contributed by atoms with Crippen LogP contribution in [0, 0.1) is 5.41 Å². The van der Waals surface area contributed by atoms with Crippen LogP contribution >= 0.6 is 15.9 Å². The lowest BCUT2D eigenvalue weighted by molar-refractivity contribution is -0.153. The van der Waals surface area contributed by atoms with Crippen LogP contribution in [-0.4, -0.2) is 33.3 Å². The molecule has 0 unspecified atom stereocenters. The van der Waals surface area contributed by atoms with Crippen molar-refractivity contribution in [2.45, 2.75) is 33.2 Å². The van der Waals surface area contributed by atoms with Gasteiger partial charge in [-0.25, -0.2) is 0 Å². The Bertz CT molecular complexity index is 664. The first kappa shape index (κ1) is 15.7. The van der Waals surface area contributed by atoms with Crippen LogP contribution < -0.4 is 0 Å². The van der Waals surface area contributed by atoms with Crippen LogP contribution in [0.3, 0.4) is 0 Å². The van der Waals surface area contributed by atoms with Crippen LogP contribution in [0.1, 0.15) is 48.4 Å². The van der Waals surface area contributed by atoms with E-state index in [0.717, 1.165) is 4.90 Å². The molecule has 0 fully saturated rings. The van der Waals surface area contributed by atoms with Gasteiger partial charge in [-0.05, 0) is 45.9 Å². The monoisotopic (exact) mass is 353 g/mol. The van der Waals surface area contributed by atoms with E-state index in [-0.39, 0.29) is 0 Å². The number of carboxylic acids is 1. The van der Waals surface area contributed by atoms with Gasteiger partial charge in [0, 0.05) is 4.47 Å². The molecule has 0 spiro atoms. The topological polar surface area (TPSA) is 74.7 Å². The molecule has 1 aliphatic heterocycles. The predicted molar refractivity (Wildman–Crippen MR) is 80.1 cm³/mol. The molecule has 1 aromatic rings. The fraction of sp³-hybridized carbons (Fsp3) is 0.400. The number of fused-ring (bicyclic) bond motifs is 1. The summed E-state index contributed by atoms with van der Waals surface area (Å²) in [6, 6.07) is 4.84. The summed E-state index contributed by atoms with van der Waals surface area (Å²) in [5.41, 5.74) is -1.85. The number of carbonyl (C=O) groups is 3. The molecule has 1 heterocycles. The van der Waals surface area contributed by atoms with Crippen molar-refractivity contribution >= 4 is 33.7 Å². The molecule has 2 amide bonds. The van der Waals surface area contributed by atoms with Gasteiger partial charge in [0.25, 0.3) is 11.8 Å². The summed E-state index contributed by atoms with van der Waals surface area (Å²) in [7, 11) is 0. The van der Waals surface area contributed by atoms with E-state index >= 15 is 0 Å². The van der Waals surface area contributed by atoms with Gasteiger partial charge in [-0.3, -0.25) is 19.3 Å². The number of imide groups is 1. The normalized spacial score (nSPS) is 15.4. The number of rotatable bonds is 3. The van der Waals surface area contributed by atoms with Gasteiger partial charge >= 0.3 is 5.97 Å². The molecule has 112 valence electrons. The minimum atomic E-state index is -1.28. The maximum atomic E-state index is 12.6. The predicted octanol–water partition coefficient (Wildman–Crippen LogP) is 2.93. The summed E-state index contributed by atoms with van der Waals surface area (Å²) in [5, 5.41) is 9.41. The molecular weight excluding hydrogens is 338 g/mol. The lowest BCUT2D eigenvalue weighted by Crippen LogP contribution is -2.59. The number of hydrogen-bond donors (Lipinski definition) is 1. The summed E-state index contributed by atoms with van der Waals surface area (Å²) in [5.74, 6) is -1.98. The molecule has 0 aromatic heterocycles. The Hall–Kier alpha value is -1.69. The van der Waals surface area contributed by atoms with Crippen molar-refractivity contribution in [3.8, 4) is 0 Å². The molecule has 0 aliphatic carbocycles. The van der Waals surface area contributed by atoms with Crippen molar-refractivity contribution in [3.63, 3.8) is 0 Å². The molecule has 2 rings (SSSR count). The highest BCUT2D eigenvalue weighted by Crippen LogP contribution is 2.41. The maximum absolute atomic E-state index is 12.6. The minimum Gasteiger partial charge on any atom is -0.481 e. The highest BCUT2D eigenvalue weighted by atomic mass is 79.9. The number of aliphatic carboxylic acids is 1. The zero-order valence-electron chi connectivity index (χ0n) is 12.2. The fourth-order valence-corrected chi connectivity index (χ4v) is 2.62. The number of carbonyl (C=O) groups excluding carboxylic acids is 2. The number of halogens is 1. The zero-order valence-corrected chi connectivity index (χ0v) is 13.8. The van der Waals surface area contributed by atoms with Crippen LogP contribution in [0.15, 0.2) is 22.7 Å². The first-order chi connectivity index (χ1) is 9.51. The average Bonchev–Trinajstić information content (AvgIpc) is 2.61. The fourth-order valence-electron chi connectivity index (χ4n) is 2.26. The third-order valence-corrected chi connectivity index (χ3v) is 4.97. The first-order valence-electron chi connectivity index (χ1n) is 6.43. The zero-order chi connectivity index (χ0) is 16.2. The van der Waals surface area contributed by atoms with Crippen LogP contribution in [0.5, 0.6) is 0 Å². The molecule has 5 nitrogen and oxygen atoms in total. The van der Waals surface area contributed by atoms with E-state index in [1.807, 2.05) is 0 Å². The maximum Gasteiger partial charge on any atom is 0.311 e. The average molecular weight is 354 g/mol. The van der Waals surface area contributed by atoms with Crippen LogP contribution in [0.25, 0.3) is 0 Å². The first-order valence-corrected chi connectivity index (χ1v) is 7.23. The molecule has 21 heavy (non-hydrogen) atoms. The number of carboxylic acid groups (broad SMARTS) is 1. The van der Waals surface area contributed by atoms with Crippen molar-refractivity contribution in [2.24, 2.45) is 5.41 Å². The molecule has 0 saturated carbocycles. The molecule has 1 aromatic carbocycles. The van der Waals surface area contributed by atoms with E-state index in [0.29, 0.717) is 15.6 Å². The Morgan fingerprint density at radius 2 is 1.62 bits per heavy atom. The molecule has 0 bridgehead atoms. The standard InChI is InChI=1S/C15H16BrNO4/c1-14(2,13(20)21)15(3,4)17-11(18)9-6-5-8(16)7-10(9)12(17)19/h5-7H,1-4H3,(H,20,21). The SMILES string of the molecule is CC(C)(C(=O)O)C(C)(C)N1C(=O)c2ccc(Br)cc2C1=O. The van der Waals surface area contributed by atoms with Gasteiger partial charge in [0.2, 0.25) is 0 Å². The third kappa shape index (κ3) is 2.09. The van der Waals surface area contributed by atoms with Crippen LogP contribution in [0.4, 0.5) is 0 Å². The van der Waals surface area contributed by atoms with Gasteiger partial charge in [0.15, 0.2) is 0 Å². The molecular formula is C15H16BrNO4. The van der Waals surface area contributed by atoms with E-state index in [9.17, 15) is 19.5 Å². The number of amides is 2. The van der Waals surface area contributed by atoms with Gasteiger partial charge < -0.3 is 5.11 Å². The van der Waals surface area contributed by atoms with Gasteiger partial charge in [0.05, 0.1) is 22.1 Å². The molecule has 0 atom stereocenters. The van der Waals surface area contributed by atoms with E-state index in [4.69, 9.17) is 0 Å². The number of benzene rings is 1. The Balaban J connectivity index is 2.56. The lowest BCUT2D eigenvalue weighted by atomic mass is 9.73. The lowest BCUT2D eigenvalue weighted by Gasteiger charge is -2.43. The molecule has 0 saturated heterocycles. The van der Waals surface area contributed by atoms with E-state index in [2.05, 4.69) is 15.9 Å². The van der Waals surface area contributed by atoms with Gasteiger partial charge in [0.1, 0.15) is 0 Å². The van der Waals surface area contributed by atoms with Crippen molar-refractivity contribution < 1.29 is 19.5 Å². The van der Waals surface area contributed by atoms with Gasteiger partial charge in [-0.2, -0.15) is 0 Å². The highest BCUT2D eigenvalue weighted by Gasteiger charge is 2.54. The Morgan fingerprint density at radius 3 is 2.14 bits per heavy atom. The van der Waals surface area contributed by atoms with Crippen molar-refractivity contribution in [1.82, 2.24) is 4.90 Å². The summed E-state index contributed by atoms with van der Waals surface area (Å²) < 4.78 is 0.694. The second kappa shape index (κ2) is 4.66. The summed E-state index contributed by atoms with van der Waals surface area (Å²) in [6.45, 7) is 6.21. The largest absolute Gasteiger partial charge is 0.481 e. The molecule has 0 radical (unpaired) electrons. The quantitative estimate of drug-likeness (QED) is 0.847. The van der Waals surface area contributed by atoms with Crippen molar-refractivity contribution in [3.05, 3.63) is 33.8 Å². The Kier molecular flexibility index (Phi) is 3.48. The smallest absolute Gasteiger partial charge is 0.311 e. The summed E-state index contributed by atoms with van der Waals surface area (Å²) in [4.78, 5) is 37.7. The van der Waals surface area contributed by atoms with Crippen LogP contribution in [-0.2, 0) is 4.79 Å². The second-order valence-corrected chi connectivity index (χ2v) is 7.04. The molecule has 6 heteroatoms. The second-order valence-electron chi connectivity index (χ2n) is 6.12. The summed E-state index contributed by atoms with van der Waals surface area (Å²) >= 11 is 3.27. The summed E-state index contributed by atoms with van der Waals surface area (Å²) in [6.07, 6.45) is 0. The van der Waals surface area contributed by atoms with Gasteiger partial charge in [-0.15, -0.1) is 0 Å². The van der Waals surface area contributed by atoms with Crippen molar-refractivity contribution in [1.29, 1.82) is 0 Å². The van der Waals surface area contributed by atoms with Crippen molar-refractivity contribution in [2.75, 3.05) is 0 Å². The Morgan fingerprint density at radius 1 is 1.10 bits per heavy atom. The van der Waals surface area contributed by atoms with Gasteiger partial charge in [-0.1, -0.05) is 15.9 Å². The molecule has 1 N–H and O–H groups in total. The Labute approximate surface area is 131 Å². The molecule has 1 aliphatic rings. The van der Waals surface area contributed by atoms with E-state index in [1.165, 1.54) is 13.8 Å². The highest BCUT2D eigenvalue weighted by molar-refractivity contribution is 9.10. The third-order valence-electron chi connectivity index (χ3n) is 4.47. The minimum absolute atomic E-state index is 0.295. The number of nitrogens with zero attached hydrogens (tertiary/aromatic N) is 1. The van der Waals surface area contributed by atoms with Crippen LogP contribution in [0.2, 0.25) is 0 Å². The number of hydrogen-bond acceptors (Lipinski definition) is 3.